The molecular formula is C20H23NO5S. The minimum atomic E-state index is -3.58. The molecule has 0 saturated heterocycles. The Morgan fingerprint density at radius 3 is 2.48 bits per heavy atom. The lowest BCUT2D eigenvalue weighted by Gasteiger charge is -2.12. The van der Waals surface area contributed by atoms with Crippen LogP contribution in [0.4, 0.5) is 0 Å². The molecule has 0 bridgehead atoms. The molecule has 0 saturated carbocycles. The lowest BCUT2D eigenvalue weighted by Crippen LogP contribution is -2.29. The number of ether oxygens (including phenoxy) is 1. The minimum Gasteiger partial charge on any atom is -0.497 e. The maximum absolute atomic E-state index is 12.5. The van der Waals surface area contributed by atoms with E-state index in [0.29, 0.717) is 12.3 Å². The van der Waals surface area contributed by atoms with Crippen molar-refractivity contribution in [2.45, 2.75) is 30.6 Å². The fraction of sp³-hybridized carbons (Fsp3) is 0.350. The molecule has 7 heteroatoms. The predicted octanol–water partition coefficient (Wildman–Crippen LogP) is 2.58. The first-order valence-corrected chi connectivity index (χ1v) is 10.3. The van der Waals surface area contributed by atoms with Crippen LogP contribution in [-0.4, -0.2) is 33.1 Å². The van der Waals surface area contributed by atoms with Crippen molar-refractivity contribution in [3.63, 3.8) is 0 Å². The van der Waals surface area contributed by atoms with Gasteiger partial charge in [0.05, 0.1) is 17.9 Å². The van der Waals surface area contributed by atoms with Gasteiger partial charge in [0.1, 0.15) is 5.75 Å². The van der Waals surface area contributed by atoms with E-state index in [-0.39, 0.29) is 10.8 Å². The summed E-state index contributed by atoms with van der Waals surface area (Å²) >= 11 is 0. The number of hydrogen-bond donors (Lipinski definition) is 2. The van der Waals surface area contributed by atoms with Crippen LogP contribution >= 0.6 is 0 Å². The molecule has 144 valence electrons. The first-order valence-electron chi connectivity index (χ1n) is 8.78. The number of methoxy groups -OCH3 is 1. The Morgan fingerprint density at radius 1 is 1.19 bits per heavy atom. The van der Waals surface area contributed by atoms with Gasteiger partial charge in [-0.1, -0.05) is 18.2 Å². The monoisotopic (exact) mass is 389 g/mol. The quantitative estimate of drug-likeness (QED) is 0.759. The minimum absolute atomic E-state index is 0.156. The Morgan fingerprint density at radius 2 is 1.85 bits per heavy atom. The summed E-state index contributed by atoms with van der Waals surface area (Å²) in [6.45, 7) is 2.01. The molecule has 0 fully saturated rings. The van der Waals surface area contributed by atoms with Gasteiger partial charge < -0.3 is 9.84 Å². The number of aliphatic carboxylic acids is 1. The molecule has 0 heterocycles. The molecule has 1 aliphatic rings. The van der Waals surface area contributed by atoms with E-state index in [1.165, 1.54) is 19.2 Å². The van der Waals surface area contributed by atoms with E-state index in [9.17, 15) is 13.2 Å². The molecule has 0 spiro atoms. The van der Waals surface area contributed by atoms with E-state index in [2.05, 4.69) is 4.72 Å². The van der Waals surface area contributed by atoms with Crippen LogP contribution in [0.25, 0.3) is 0 Å². The van der Waals surface area contributed by atoms with Crippen molar-refractivity contribution in [3.8, 4) is 5.75 Å². The molecule has 1 aliphatic carbocycles. The van der Waals surface area contributed by atoms with Crippen molar-refractivity contribution >= 4 is 16.0 Å². The average Bonchev–Trinajstić information content (AvgIpc) is 3.08. The highest BCUT2D eigenvalue weighted by Crippen LogP contribution is 2.30. The van der Waals surface area contributed by atoms with Gasteiger partial charge in [0.2, 0.25) is 10.0 Å². The van der Waals surface area contributed by atoms with Crippen LogP contribution in [0.5, 0.6) is 5.75 Å². The molecule has 2 atom stereocenters. The summed E-state index contributed by atoms with van der Waals surface area (Å²) in [5.74, 6) is -0.644. The second-order valence-electron chi connectivity index (χ2n) is 6.89. The summed E-state index contributed by atoms with van der Waals surface area (Å²) in [7, 11) is -2.05. The summed E-state index contributed by atoms with van der Waals surface area (Å²) in [6.07, 6.45) is 1.52. The molecule has 2 unspecified atom stereocenters. The third kappa shape index (κ3) is 4.31. The van der Waals surface area contributed by atoms with Crippen LogP contribution < -0.4 is 9.46 Å². The number of sulfonamides is 1. The smallest absolute Gasteiger partial charge is 0.310 e. The number of nitrogens with one attached hydrogen (secondary N) is 1. The molecule has 0 amide bonds. The highest BCUT2D eigenvalue weighted by molar-refractivity contribution is 7.89. The van der Waals surface area contributed by atoms with E-state index in [0.717, 1.165) is 29.5 Å². The molecule has 6 nitrogen and oxygen atoms in total. The van der Waals surface area contributed by atoms with Crippen molar-refractivity contribution in [1.29, 1.82) is 0 Å². The number of rotatable bonds is 7. The van der Waals surface area contributed by atoms with Crippen molar-refractivity contribution in [3.05, 3.63) is 59.2 Å². The Balaban J connectivity index is 1.64. The molecule has 2 aromatic carbocycles. The third-order valence-corrected chi connectivity index (χ3v) is 6.49. The van der Waals surface area contributed by atoms with Gasteiger partial charge in [-0.05, 0) is 66.6 Å². The zero-order valence-corrected chi connectivity index (χ0v) is 16.1. The van der Waals surface area contributed by atoms with Crippen molar-refractivity contribution in [2.24, 2.45) is 5.92 Å². The maximum atomic E-state index is 12.5. The predicted molar refractivity (Wildman–Crippen MR) is 102 cm³/mol. The lowest BCUT2D eigenvalue weighted by atomic mass is 9.97. The SMILES string of the molecule is COc1ccc(S(=O)(=O)NCC2Cc3ccc(C(C)C(=O)O)cc3C2)cc1. The summed E-state index contributed by atoms with van der Waals surface area (Å²) < 4.78 is 32.7. The van der Waals surface area contributed by atoms with Gasteiger partial charge in [-0.2, -0.15) is 0 Å². The van der Waals surface area contributed by atoms with Gasteiger partial charge in [0, 0.05) is 6.54 Å². The Kier molecular flexibility index (Phi) is 5.53. The van der Waals surface area contributed by atoms with Gasteiger partial charge in [-0.15, -0.1) is 0 Å². The number of carboxylic acid groups (broad SMARTS) is 1. The van der Waals surface area contributed by atoms with Crippen molar-refractivity contribution < 1.29 is 23.1 Å². The van der Waals surface area contributed by atoms with E-state index in [1.54, 1.807) is 19.1 Å². The van der Waals surface area contributed by atoms with E-state index >= 15 is 0 Å². The zero-order valence-electron chi connectivity index (χ0n) is 15.3. The van der Waals surface area contributed by atoms with Gasteiger partial charge in [0.15, 0.2) is 0 Å². The summed E-state index contributed by atoms with van der Waals surface area (Å²) in [6, 6.07) is 12.0. The highest BCUT2D eigenvalue weighted by Gasteiger charge is 2.25. The second-order valence-corrected chi connectivity index (χ2v) is 8.66. The Bertz CT molecular complexity index is 937. The standard InChI is InChI=1S/C20H23NO5S/c1-13(20(22)23)15-3-4-16-9-14(10-17(16)11-15)12-21-27(24,25)19-7-5-18(26-2)6-8-19/h3-8,11,13-14,21H,9-10,12H2,1-2H3,(H,22,23). The first-order chi connectivity index (χ1) is 12.8. The first kappa shape index (κ1) is 19.4. The fourth-order valence-electron chi connectivity index (χ4n) is 3.35. The van der Waals surface area contributed by atoms with E-state index < -0.39 is 21.9 Å². The third-order valence-electron chi connectivity index (χ3n) is 5.05. The summed E-state index contributed by atoms with van der Waals surface area (Å²) in [4.78, 5) is 11.4. The van der Waals surface area contributed by atoms with Crippen LogP contribution in [-0.2, 0) is 27.7 Å². The largest absolute Gasteiger partial charge is 0.497 e. The molecule has 3 rings (SSSR count). The molecular weight excluding hydrogens is 366 g/mol. The van der Waals surface area contributed by atoms with Crippen LogP contribution in [0, 0.1) is 5.92 Å². The van der Waals surface area contributed by atoms with Gasteiger partial charge in [-0.3, -0.25) is 4.79 Å². The van der Waals surface area contributed by atoms with Crippen LogP contribution in [0.3, 0.4) is 0 Å². The lowest BCUT2D eigenvalue weighted by molar-refractivity contribution is -0.138. The molecule has 0 radical (unpaired) electrons. The Labute approximate surface area is 159 Å². The van der Waals surface area contributed by atoms with E-state index in [4.69, 9.17) is 9.84 Å². The summed E-state index contributed by atoms with van der Waals surface area (Å²) in [5.41, 5.74) is 3.04. The van der Waals surface area contributed by atoms with Crippen molar-refractivity contribution in [2.75, 3.05) is 13.7 Å². The topological polar surface area (TPSA) is 92.7 Å². The normalized spacial score (nSPS) is 17.3. The van der Waals surface area contributed by atoms with E-state index in [1.807, 2.05) is 18.2 Å². The van der Waals surface area contributed by atoms with Gasteiger partial charge in [-0.25, -0.2) is 13.1 Å². The number of carboxylic acids is 1. The number of benzene rings is 2. The number of fused-ring (bicyclic) bond motifs is 1. The molecule has 0 aromatic heterocycles. The molecule has 2 aromatic rings. The second kappa shape index (κ2) is 7.70. The number of carbonyl (C=O) groups is 1. The molecule has 2 N–H and O–H groups in total. The zero-order chi connectivity index (χ0) is 19.6. The van der Waals surface area contributed by atoms with Crippen LogP contribution in [0.1, 0.15) is 29.5 Å². The van der Waals surface area contributed by atoms with Gasteiger partial charge >= 0.3 is 5.97 Å². The Hall–Kier alpha value is -2.38. The highest BCUT2D eigenvalue weighted by atomic mass is 32.2. The number of hydrogen-bond acceptors (Lipinski definition) is 4. The fourth-order valence-corrected chi connectivity index (χ4v) is 4.47. The van der Waals surface area contributed by atoms with Crippen LogP contribution in [0.15, 0.2) is 47.4 Å². The van der Waals surface area contributed by atoms with Crippen molar-refractivity contribution in [1.82, 2.24) is 4.72 Å². The van der Waals surface area contributed by atoms with Crippen LogP contribution in [0.2, 0.25) is 0 Å². The van der Waals surface area contributed by atoms with Gasteiger partial charge in [0.25, 0.3) is 0 Å². The molecule has 0 aliphatic heterocycles. The average molecular weight is 389 g/mol. The summed E-state index contributed by atoms with van der Waals surface area (Å²) in [5, 5.41) is 9.17. The maximum Gasteiger partial charge on any atom is 0.310 e. The molecule has 27 heavy (non-hydrogen) atoms.